The summed E-state index contributed by atoms with van der Waals surface area (Å²) in [6.07, 6.45) is 5.86. The van der Waals surface area contributed by atoms with Crippen molar-refractivity contribution in [3.05, 3.63) is 63.6 Å². The van der Waals surface area contributed by atoms with Gasteiger partial charge in [0.2, 0.25) is 0 Å². The van der Waals surface area contributed by atoms with Gasteiger partial charge in [0.05, 0.1) is 26.5 Å². The van der Waals surface area contributed by atoms with Gasteiger partial charge in [-0.1, -0.05) is 11.2 Å². The predicted molar refractivity (Wildman–Crippen MR) is 105 cm³/mol. The Morgan fingerprint density at radius 3 is 2.72 bits per heavy atom. The minimum absolute atomic E-state index is 0.119. The second-order valence-corrected chi connectivity index (χ2v) is 7.27. The van der Waals surface area contributed by atoms with Crippen LogP contribution in [0.15, 0.2) is 47.4 Å². The lowest BCUT2D eigenvalue weighted by atomic mass is 10.1. The van der Waals surface area contributed by atoms with E-state index in [2.05, 4.69) is 62.6 Å². The van der Waals surface area contributed by atoms with Gasteiger partial charge in [-0.05, 0) is 61.6 Å². The average Bonchev–Trinajstić information content (AvgIpc) is 3.14. The Balaban J connectivity index is 1.90. The smallest absolute Gasteiger partial charge is 0.141 e. The van der Waals surface area contributed by atoms with Crippen molar-refractivity contribution in [2.75, 3.05) is 0 Å². The van der Waals surface area contributed by atoms with Crippen LogP contribution in [0.1, 0.15) is 30.1 Å². The molecule has 0 amide bonds. The molecule has 1 unspecified atom stereocenters. The number of halogens is 1. The molecule has 0 saturated carbocycles. The van der Waals surface area contributed by atoms with E-state index in [0.717, 1.165) is 42.9 Å². The molecule has 0 saturated heterocycles. The highest BCUT2D eigenvalue weighted by molar-refractivity contribution is 14.1. The van der Waals surface area contributed by atoms with E-state index in [-0.39, 0.29) is 6.04 Å². The van der Waals surface area contributed by atoms with Crippen LogP contribution in [-0.2, 0) is 0 Å². The molecule has 0 aliphatic heterocycles. The Kier molecular flexibility index (Phi) is 4.07. The lowest BCUT2D eigenvalue weighted by Gasteiger charge is -2.15. The summed E-state index contributed by atoms with van der Waals surface area (Å²) in [6, 6.07) is 8.29. The highest BCUT2D eigenvalue weighted by Crippen LogP contribution is 2.32. The third-order valence-corrected chi connectivity index (χ3v) is 5.27. The van der Waals surface area contributed by atoms with E-state index in [4.69, 9.17) is 9.51 Å². The monoisotopic (exact) mass is 444 g/mol. The lowest BCUT2D eigenvalue weighted by molar-refractivity contribution is 0.393. The molecular weight excluding hydrogens is 427 g/mol. The third-order valence-electron chi connectivity index (χ3n) is 4.48. The van der Waals surface area contributed by atoms with Gasteiger partial charge in [0, 0.05) is 29.7 Å². The average molecular weight is 444 g/mol. The topological polar surface area (TPSA) is 56.7 Å². The van der Waals surface area contributed by atoms with Gasteiger partial charge >= 0.3 is 0 Å². The molecule has 0 fully saturated rings. The predicted octanol–water partition coefficient (Wildman–Crippen LogP) is 4.92. The molecule has 1 atom stereocenters. The quantitative estimate of drug-likeness (QED) is 0.421. The number of aryl methyl sites for hydroxylation is 2. The van der Waals surface area contributed by atoms with Crippen molar-refractivity contribution in [2.24, 2.45) is 0 Å². The van der Waals surface area contributed by atoms with Gasteiger partial charge in [-0.25, -0.2) is 0 Å². The number of hydrogen-bond donors (Lipinski definition) is 0. The zero-order valence-corrected chi connectivity index (χ0v) is 16.4. The van der Waals surface area contributed by atoms with Crippen molar-refractivity contribution in [2.45, 2.75) is 26.8 Å². The van der Waals surface area contributed by atoms with Gasteiger partial charge in [0.1, 0.15) is 11.3 Å². The van der Waals surface area contributed by atoms with Crippen LogP contribution in [0.5, 0.6) is 0 Å². The van der Waals surface area contributed by atoms with Crippen molar-refractivity contribution in [3.8, 4) is 11.1 Å². The number of pyridine rings is 2. The van der Waals surface area contributed by atoms with Crippen molar-refractivity contribution in [1.82, 2.24) is 19.7 Å². The molecule has 5 nitrogen and oxygen atoms in total. The molecule has 4 aromatic rings. The Labute approximate surface area is 159 Å². The van der Waals surface area contributed by atoms with Crippen molar-refractivity contribution in [1.29, 1.82) is 0 Å². The maximum absolute atomic E-state index is 5.32. The first-order valence-corrected chi connectivity index (χ1v) is 9.14. The van der Waals surface area contributed by atoms with Crippen LogP contribution in [0.25, 0.3) is 22.2 Å². The minimum atomic E-state index is 0.119. The van der Waals surface area contributed by atoms with Crippen LogP contribution in [0.2, 0.25) is 0 Å². The van der Waals surface area contributed by atoms with E-state index in [9.17, 15) is 0 Å². The molecule has 4 aromatic heterocycles. The third kappa shape index (κ3) is 2.74. The molecule has 0 aliphatic rings. The van der Waals surface area contributed by atoms with Gasteiger partial charge in [-0.2, -0.15) is 0 Å². The van der Waals surface area contributed by atoms with Gasteiger partial charge < -0.3 is 9.09 Å². The summed E-state index contributed by atoms with van der Waals surface area (Å²) in [7, 11) is 0. The molecule has 0 aromatic carbocycles. The number of fused-ring (bicyclic) bond motifs is 1. The fourth-order valence-corrected chi connectivity index (χ4v) is 3.92. The largest absolute Gasteiger partial charge is 0.361 e. The van der Waals surface area contributed by atoms with Crippen LogP contribution in [-0.4, -0.2) is 19.7 Å². The summed E-state index contributed by atoms with van der Waals surface area (Å²) in [4.78, 5) is 9.20. The molecule has 6 heteroatoms. The summed E-state index contributed by atoms with van der Waals surface area (Å²) in [5.41, 5.74) is 6.03. The summed E-state index contributed by atoms with van der Waals surface area (Å²) >= 11 is 2.34. The summed E-state index contributed by atoms with van der Waals surface area (Å²) < 4.78 is 8.67. The Bertz CT molecular complexity index is 1030. The second kappa shape index (κ2) is 6.25. The van der Waals surface area contributed by atoms with Crippen LogP contribution in [0, 0.1) is 17.4 Å². The standard InChI is InChI=1S/C19H17IN4O/c1-11-18(13(3)25-23-11)14-8-17-19(22-9-14)15(20)10-24(17)12(2)16-6-4-5-7-21-16/h4-10,12H,1-3H3. The van der Waals surface area contributed by atoms with E-state index in [0.29, 0.717) is 0 Å². The molecule has 0 N–H and O–H groups in total. The molecule has 0 radical (unpaired) electrons. The Morgan fingerprint density at radius 1 is 1.20 bits per heavy atom. The summed E-state index contributed by atoms with van der Waals surface area (Å²) in [6.45, 7) is 6.04. The number of aromatic nitrogens is 4. The van der Waals surface area contributed by atoms with Crippen molar-refractivity contribution in [3.63, 3.8) is 0 Å². The van der Waals surface area contributed by atoms with E-state index in [1.165, 1.54) is 0 Å². The van der Waals surface area contributed by atoms with E-state index in [1.54, 1.807) is 0 Å². The molecule has 4 heterocycles. The first kappa shape index (κ1) is 16.3. The number of nitrogens with zero attached hydrogens (tertiary/aromatic N) is 4. The van der Waals surface area contributed by atoms with Gasteiger partial charge in [0.25, 0.3) is 0 Å². The second-order valence-electron chi connectivity index (χ2n) is 6.11. The summed E-state index contributed by atoms with van der Waals surface area (Å²) in [5, 5.41) is 4.06. The zero-order valence-electron chi connectivity index (χ0n) is 14.2. The maximum Gasteiger partial charge on any atom is 0.141 e. The molecule has 4 rings (SSSR count). The van der Waals surface area contributed by atoms with Crippen LogP contribution >= 0.6 is 22.6 Å². The van der Waals surface area contributed by atoms with Gasteiger partial charge in [0.15, 0.2) is 0 Å². The first-order chi connectivity index (χ1) is 12.1. The van der Waals surface area contributed by atoms with Crippen LogP contribution in [0.4, 0.5) is 0 Å². The normalized spacial score (nSPS) is 12.6. The molecular formula is C19H17IN4O. The minimum Gasteiger partial charge on any atom is -0.361 e. The fourth-order valence-electron chi connectivity index (χ4n) is 3.20. The maximum atomic E-state index is 5.32. The molecule has 0 bridgehead atoms. The highest BCUT2D eigenvalue weighted by Gasteiger charge is 2.18. The first-order valence-electron chi connectivity index (χ1n) is 8.06. The molecule has 0 aliphatic carbocycles. The molecule has 0 spiro atoms. The fraction of sp³-hybridized carbons (Fsp3) is 0.211. The zero-order chi connectivity index (χ0) is 17.6. The van der Waals surface area contributed by atoms with Crippen molar-refractivity contribution >= 4 is 33.6 Å². The highest BCUT2D eigenvalue weighted by atomic mass is 127. The lowest BCUT2D eigenvalue weighted by Crippen LogP contribution is -2.07. The molecule has 126 valence electrons. The van der Waals surface area contributed by atoms with Crippen molar-refractivity contribution < 1.29 is 4.52 Å². The van der Waals surface area contributed by atoms with Gasteiger partial charge in [-0.3, -0.25) is 9.97 Å². The Morgan fingerprint density at radius 2 is 2.04 bits per heavy atom. The SMILES string of the molecule is Cc1noc(C)c1-c1cnc2c(I)cn(C(C)c3ccccn3)c2c1. The van der Waals surface area contributed by atoms with E-state index >= 15 is 0 Å². The van der Waals surface area contributed by atoms with E-state index in [1.807, 2.05) is 38.4 Å². The number of rotatable bonds is 3. The van der Waals surface area contributed by atoms with E-state index < -0.39 is 0 Å². The van der Waals surface area contributed by atoms with Crippen LogP contribution < -0.4 is 0 Å². The molecule has 25 heavy (non-hydrogen) atoms. The number of hydrogen-bond acceptors (Lipinski definition) is 4. The summed E-state index contributed by atoms with van der Waals surface area (Å²) in [5.74, 6) is 0.809. The Hall–Kier alpha value is -2.22. The van der Waals surface area contributed by atoms with Crippen LogP contribution in [0.3, 0.4) is 0 Å². The van der Waals surface area contributed by atoms with Gasteiger partial charge in [-0.15, -0.1) is 0 Å².